The van der Waals surface area contributed by atoms with Crippen LogP contribution in [0, 0.1) is 0 Å². The van der Waals surface area contributed by atoms with Gasteiger partial charge in [-0.15, -0.1) is 21.5 Å². The predicted octanol–water partition coefficient (Wildman–Crippen LogP) is 1.86. The van der Waals surface area contributed by atoms with Gasteiger partial charge < -0.3 is 4.90 Å². The molecule has 0 aliphatic carbocycles. The van der Waals surface area contributed by atoms with Crippen LogP contribution in [0.5, 0.6) is 0 Å². The van der Waals surface area contributed by atoms with Crippen LogP contribution in [0.4, 0.5) is 0 Å². The number of amides is 1. The van der Waals surface area contributed by atoms with Crippen molar-refractivity contribution in [3.8, 4) is 0 Å². The summed E-state index contributed by atoms with van der Waals surface area (Å²) < 4.78 is 0. The summed E-state index contributed by atoms with van der Waals surface area (Å²) >= 11 is 7.10. The van der Waals surface area contributed by atoms with Gasteiger partial charge in [0.1, 0.15) is 0 Å². The number of carbonyl (C=O) groups excluding carboxylic acids is 1. The Kier molecular flexibility index (Phi) is 3.65. The van der Waals surface area contributed by atoms with Crippen molar-refractivity contribution in [2.24, 2.45) is 0 Å². The van der Waals surface area contributed by atoms with Crippen molar-refractivity contribution in [1.82, 2.24) is 20.1 Å². The summed E-state index contributed by atoms with van der Waals surface area (Å²) in [4.78, 5) is 17.6. The highest BCUT2D eigenvalue weighted by Gasteiger charge is 2.14. The Hall–Kier alpha value is -1.53. The normalized spacial score (nSPS) is 10.2. The molecule has 7 heteroatoms. The Labute approximate surface area is 107 Å². The van der Waals surface area contributed by atoms with Crippen LogP contribution < -0.4 is 0 Å². The van der Waals surface area contributed by atoms with E-state index in [-0.39, 0.29) is 16.8 Å². The van der Waals surface area contributed by atoms with E-state index in [0.717, 1.165) is 5.69 Å². The fourth-order valence-corrected chi connectivity index (χ4v) is 1.91. The number of hydrogen-bond acceptors (Lipinski definition) is 5. The van der Waals surface area contributed by atoms with Gasteiger partial charge in [0.25, 0.3) is 5.91 Å². The molecule has 17 heavy (non-hydrogen) atoms. The van der Waals surface area contributed by atoms with E-state index in [0.29, 0.717) is 6.54 Å². The van der Waals surface area contributed by atoms with Gasteiger partial charge in [-0.2, -0.15) is 0 Å². The molecule has 2 aromatic heterocycles. The second kappa shape index (κ2) is 5.20. The van der Waals surface area contributed by atoms with E-state index >= 15 is 0 Å². The first-order chi connectivity index (χ1) is 8.16. The van der Waals surface area contributed by atoms with E-state index < -0.39 is 0 Å². The lowest BCUT2D eigenvalue weighted by Gasteiger charge is -2.14. The quantitative estimate of drug-likeness (QED) is 0.853. The molecule has 2 aromatic rings. The highest BCUT2D eigenvalue weighted by Crippen LogP contribution is 2.08. The van der Waals surface area contributed by atoms with Crippen LogP contribution >= 0.6 is 22.9 Å². The standard InChI is InChI=1S/C10H9ClN4OS/c1-15(4-7-5-17-6-12-7)10(16)8-2-3-9(11)14-13-8/h2-3,5-6H,4H2,1H3. The second-order valence-corrected chi connectivity index (χ2v) is 4.49. The van der Waals surface area contributed by atoms with Crippen molar-refractivity contribution >= 4 is 28.8 Å². The SMILES string of the molecule is CN(Cc1cscn1)C(=O)c1ccc(Cl)nn1. The molecule has 2 heterocycles. The lowest BCUT2D eigenvalue weighted by Crippen LogP contribution is -2.27. The molecule has 0 aliphatic heterocycles. The van der Waals surface area contributed by atoms with Gasteiger partial charge in [0.15, 0.2) is 10.8 Å². The molecular weight excluding hydrogens is 260 g/mol. The third-order valence-corrected chi connectivity index (χ3v) is 2.92. The molecule has 0 saturated carbocycles. The zero-order valence-electron chi connectivity index (χ0n) is 9.00. The molecule has 0 saturated heterocycles. The van der Waals surface area contributed by atoms with E-state index in [9.17, 15) is 4.79 Å². The number of thiazole rings is 1. The van der Waals surface area contributed by atoms with Crippen LogP contribution in [-0.2, 0) is 6.54 Å². The maximum atomic E-state index is 11.9. The van der Waals surface area contributed by atoms with E-state index in [2.05, 4.69) is 15.2 Å². The lowest BCUT2D eigenvalue weighted by molar-refractivity contribution is 0.0776. The van der Waals surface area contributed by atoms with Crippen molar-refractivity contribution in [2.45, 2.75) is 6.54 Å². The second-order valence-electron chi connectivity index (χ2n) is 3.38. The average Bonchev–Trinajstić information content (AvgIpc) is 2.82. The molecular formula is C10H9ClN4OS. The minimum atomic E-state index is -0.206. The average molecular weight is 269 g/mol. The molecule has 1 amide bonds. The molecule has 2 rings (SSSR count). The van der Waals surface area contributed by atoms with Crippen LogP contribution in [0.3, 0.4) is 0 Å². The summed E-state index contributed by atoms with van der Waals surface area (Å²) in [5.41, 5.74) is 2.86. The largest absolute Gasteiger partial charge is 0.334 e. The van der Waals surface area contributed by atoms with E-state index in [1.165, 1.54) is 16.2 Å². The summed E-state index contributed by atoms with van der Waals surface area (Å²) in [6.45, 7) is 0.451. The van der Waals surface area contributed by atoms with E-state index in [4.69, 9.17) is 11.6 Å². The third-order valence-electron chi connectivity index (χ3n) is 2.08. The van der Waals surface area contributed by atoms with Crippen LogP contribution in [0.2, 0.25) is 5.15 Å². The molecule has 0 unspecified atom stereocenters. The smallest absolute Gasteiger partial charge is 0.274 e. The maximum Gasteiger partial charge on any atom is 0.274 e. The molecule has 0 N–H and O–H groups in total. The molecule has 0 atom stereocenters. The van der Waals surface area contributed by atoms with Crippen LogP contribution in [0.15, 0.2) is 23.0 Å². The van der Waals surface area contributed by atoms with Gasteiger partial charge in [-0.05, 0) is 12.1 Å². The van der Waals surface area contributed by atoms with E-state index in [1.807, 2.05) is 5.38 Å². The van der Waals surface area contributed by atoms with Crippen molar-refractivity contribution in [3.05, 3.63) is 39.6 Å². The van der Waals surface area contributed by atoms with E-state index in [1.54, 1.807) is 24.7 Å². The fourth-order valence-electron chi connectivity index (χ4n) is 1.26. The molecule has 0 radical (unpaired) electrons. The van der Waals surface area contributed by atoms with Crippen molar-refractivity contribution in [1.29, 1.82) is 0 Å². The molecule has 5 nitrogen and oxygen atoms in total. The zero-order chi connectivity index (χ0) is 12.3. The first kappa shape index (κ1) is 11.9. The maximum absolute atomic E-state index is 11.9. The minimum Gasteiger partial charge on any atom is -0.334 e. The highest BCUT2D eigenvalue weighted by atomic mass is 35.5. The Balaban J connectivity index is 2.07. The molecule has 0 aliphatic rings. The third kappa shape index (κ3) is 2.98. The molecule has 0 fully saturated rings. The summed E-state index contributed by atoms with van der Waals surface area (Å²) in [7, 11) is 1.69. The van der Waals surface area contributed by atoms with Crippen LogP contribution in [-0.4, -0.2) is 33.0 Å². The highest BCUT2D eigenvalue weighted by molar-refractivity contribution is 7.07. The number of halogens is 1. The summed E-state index contributed by atoms with van der Waals surface area (Å²) in [6, 6.07) is 3.09. The number of carbonyl (C=O) groups is 1. The number of hydrogen-bond donors (Lipinski definition) is 0. The minimum absolute atomic E-state index is 0.206. The Bertz CT molecular complexity index is 500. The van der Waals surface area contributed by atoms with Gasteiger partial charge in [-0.25, -0.2) is 4.98 Å². The topological polar surface area (TPSA) is 59.0 Å². The monoisotopic (exact) mass is 268 g/mol. The predicted molar refractivity (Wildman–Crippen MR) is 65.0 cm³/mol. The summed E-state index contributed by atoms with van der Waals surface area (Å²) in [5, 5.41) is 9.54. The summed E-state index contributed by atoms with van der Waals surface area (Å²) in [6.07, 6.45) is 0. The van der Waals surface area contributed by atoms with Gasteiger partial charge in [0.2, 0.25) is 0 Å². The Morgan fingerprint density at radius 1 is 1.47 bits per heavy atom. The number of nitrogens with zero attached hydrogens (tertiary/aromatic N) is 4. The molecule has 0 spiro atoms. The van der Waals surface area contributed by atoms with Gasteiger partial charge in [0, 0.05) is 12.4 Å². The van der Waals surface area contributed by atoms with Gasteiger partial charge in [-0.1, -0.05) is 11.6 Å². The van der Waals surface area contributed by atoms with Crippen molar-refractivity contribution < 1.29 is 4.79 Å². The van der Waals surface area contributed by atoms with Gasteiger partial charge >= 0.3 is 0 Å². The first-order valence-corrected chi connectivity index (χ1v) is 6.10. The molecule has 88 valence electrons. The van der Waals surface area contributed by atoms with Crippen molar-refractivity contribution in [2.75, 3.05) is 7.05 Å². The van der Waals surface area contributed by atoms with Crippen molar-refractivity contribution in [3.63, 3.8) is 0 Å². The number of rotatable bonds is 3. The molecule has 0 aromatic carbocycles. The van der Waals surface area contributed by atoms with Crippen LogP contribution in [0.25, 0.3) is 0 Å². The van der Waals surface area contributed by atoms with Gasteiger partial charge in [0.05, 0.1) is 17.7 Å². The zero-order valence-corrected chi connectivity index (χ0v) is 10.6. The fraction of sp³-hybridized carbons (Fsp3) is 0.200. The Morgan fingerprint density at radius 2 is 2.29 bits per heavy atom. The number of aromatic nitrogens is 3. The molecule has 0 bridgehead atoms. The Morgan fingerprint density at radius 3 is 2.88 bits per heavy atom. The van der Waals surface area contributed by atoms with Crippen LogP contribution in [0.1, 0.15) is 16.2 Å². The first-order valence-electron chi connectivity index (χ1n) is 4.78. The summed E-state index contributed by atoms with van der Waals surface area (Å²) in [5.74, 6) is -0.206. The van der Waals surface area contributed by atoms with Gasteiger partial charge in [-0.3, -0.25) is 4.79 Å². The lowest BCUT2D eigenvalue weighted by atomic mass is 10.3.